The number of aromatic hydroxyl groups is 23. The van der Waals surface area contributed by atoms with Gasteiger partial charge in [-0.2, -0.15) is 0 Å². The van der Waals surface area contributed by atoms with Crippen molar-refractivity contribution in [2.45, 2.75) is 61.4 Å². The van der Waals surface area contributed by atoms with Crippen LogP contribution < -0.4 is 4.74 Å². The summed E-state index contributed by atoms with van der Waals surface area (Å²) in [6.45, 7) is -2.82. The van der Waals surface area contributed by atoms with Crippen LogP contribution in [0.1, 0.15) is 82.9 Å². The molecule has 3 aliphatic rings. The maximum absolute atomic E-state index is 15.4. The first-order chi connectivity index (χ1) is 52.6. The minimum Gasteiger partial charge on any atom is -0.504 e. The summed E-state index contributed by atoms with van der Waals surface area (Å²) in [6.07, 6.45) is -26.1. The van der Waals surface area contributed by atoms with Crippen LogP contribution in [0.3, 0.4) is 0 Å². The summed E-state index contributed by atoms with van der Waals surface area (Å²) in [5.74, 6) is -50.0. The van der Waals surface area contributed by atoms with Crippen LogP contribution >= 0.6 is 0 Å². The molecule has 0 radical (unpaired) electrons. The van der Waals surface area contributed by atoms with E-state index in [9.17, 15) is 161 Å². The van der Waals surface area contributed by atoms with Gasteiger partial charge in [-0.25, -0.2) is 38.4 Å². The first-order valence-corrected chi connectivity index (χ1v) is 31.0. The van der Waals surface area contributed by atoms with E-state index in [-0.39, 0.29) is 18.2 Å². The maximum atomic E-state index is 15.4. The van der Waals surface area contributed by atoms with Crippen LogP contribution in [0.4, 0.5) is 0 Å². The van der Waals surface area contributed by atoms with Crippen LogP contribution in [0, 0.1) is 0 Å². The standard InChI is InChI=1S/C68H52O44/c69-24-1-16(2-25(70)41(24)82)59(94)102-15-38-55(107-60(95)17-3-26(71)42(83)27(72)4-17)57(109-61(96)18-5-28(73)43(84)29(74)6-18)58(68(105-38)112-63(98)20-9-32(77)45(86)33(78)10-20)110-66(101)23-13-35(80)47(88)51(92)53(23)106-54-36(81)12-21-40(50(54)91)39-22(11-34(79)46(87)49(39)90)65(100)108-56-48(89)37(14-103-64(21)99)104-67(52(56)93)111-62(97)19-7-30(75)44(85)31(76)8-19/h1-13,37-38,48,52,55-58,67-93H,14-15H2. The molecule has 11 rings (SSSR count). The van der Waals surface area contributed by atoms with Crippen molar-refractivity contribution in [1.82, 2.24) is 0 Å². The number of benzene rings is 8. The molecular formula is C68H52O44. The lowest BCUT2D eigenvalue weighted by molar-refractivity contribution is -0.284. The smallest absolute Gasteiger partial charge is 0.342 e. The Morgan fingerprint density at radius 2 is 0.705 bits per heavy atom. The van der Waals surface area contributed by atoms with Crippen LogP contribution in [-0.4, -0.2) is 250 Å². The topological polar surface area (TPSA) is 744 Å². The molecule has 25 N–H and O–H groups in total. The average Bonchev–Trinajstić information content (AvgIpc) is 0.747. The highest BCUT2D eigenvalue weighted by atomic mass is 16.8. The minimum absolute atomic E-state index is 0.0956. The lowest BCUT2D eigenvalue weighted by Crippen LogP contribution is -2.63. The summed E-state index contributed by atoms with van der Waals surface area (Å²) in [7, 11) is 0. The van der Waals surface area contributed by atoms with Gasteiger partial charge in [-0.15, -0.1) is 0 Å². The molecule has 3 heterocycles. The number of carbonyl (C=O) groups excluding carboxylic acids is 8. The van der Waals surface area contributed by atoms with Crippen molar-refractivity contribution in [2.24, 2.45) is 0 Å². The molecule has 10 unspecified atom stereocenters. The molecule has 2 saturated heterocycles. The fourth-order valence-electron chi connectivity index (χ4n) is 11.2. The first kappa shape index (κ1) is 77.7. The Hall–Kier alpha value is -15.4. The highest BCUT2D eigenvalue weighted by Gasteiger charge is 2.56. The van der Waals surface area contributed by atoms with E-state index in [2.05, 4.69) is 0 Å². The summed E-state index contributed by atoms with van der Waals surface area (Å²) in [5, 5.41) is 268. The second-order valence-corrected chi connectivity index (χ2v) is 24.0. The van der Waals surface area contributed by atoms with Crippen LogP contribution in [-0.2, 0) is 47.4 Å². The van der Waals surface area contributed by atoms with E-state index in [0.29, 0.717) is 60.7 Å². The predicted octanol–water partition coefficient (Wildman–Crippen LogP) is 1.79. The third kappa shape index (κ3) is 14.5. The number of esters is 8. The van der Waals surface area contributed by atoms with Gasteiger partial charge in [0.25, 0.3) is 0 Å². The molecule has 8 aromatic carbocycles. The van der Waals surface area contributed by atoms with Gasteiger partial charge < -0.3 is 180 Å². The van der Waals surface area contributed by atoms with E-state index in [4.69, 9.17) is 52.1 Å². The summed E-state index contributed by atoms with van der Waals surface area (Å²) in [4.78, 5) is 115. The molecule has 0 aromatic heterocycles. The maximum Gasteiger partial charge on any atom is 0.342 e. The Kier molecular flexibility index (Phi) is 20.6. The molecule has 0 spiro atoms. The van der Waals surface area contributed by atoms with E-state index in [1.807, 2.05) is 0 Å². The van der Waals surface area contributed by atoms with Crippen molar-refractivity contribution >= 4 is 47.8 Å². The van der Waals surface area contributed by atoms with Gasteiger partial charge >= 0.3 is 47.8 Å². The zero-order chi connectivity index (χ0) is 82.0. The van der Waals surface area contributed by atoms with Gasteiger partial charge in [0.2, 0.25) is 41.7 Å². The van der Waals surface area contributed by atoms with Gasteiger partial charge in [-0.05, 0) is 72.8 Å². The molecule has 3 aliphatic heterocycles. The zero-order valence-electron chi connectivity index (χ0n) is 55.1. The molecule has 2 bridgehead atoms. The van der Waals surface area contributed by atoms with Gasteiger partial charge in [0.05, 0.1) is 38.9 Å². The van der Waals surface area contributed by atoms with Crippen molar-refractivity contribution in [1.29, 1.82) is 0 Å². The van der Waals surface area contributed by atoms with E-state index in [1.54, 1.807) is 0 Å². The van der Waals surface area contributed by atoms with E-state index >= 15 is 4.79 Å². The Labute approximate surface area is 617 Å². The molecule has 2 fully saturated rings. The van der Waals surface area contributed by atoms with Crippen molar-refractivity contribution in [2.75, 3.05) is 13.2 Å². The molecule has 0 aliphatic carbocycles. The molecule has 112 heavy (non-hydrogen) atoms. The number of ether oxygens (including phenoxy) is 11. The van der Waals surface area contributed by atoms with Crippen LogP contribution in [0.25, 0.3) is 11.1 Å². The summed E-state index contributed by atoms with van der Waals surface area (Å²) in [6, 6.07) is 5.14. The molecule has 0 saturated carbocycles. The second-order valence-electron chi connectivity index (χ2n) is 24.0. The predicted molar refractivity (Wildman–Crippen MR) is 346 cm³/mol. The summed E-state index contributed by atoms with van der Waals surface area (Å²) >= 11 is 0. The lowest BCUT2D eigenvalue weighted by atomic mass is 9.91. The van der Waals surface area contributed by atoms with Gasteiger partial charge in [-0.3, -0.25) is 0 Å². The quantitative estimate of drug-likeness (QED) is 0.0395. The van der Waals surface area contributed by atoms with Gasteiger partial charge in [-0.1, -0.05) is 0 Å². The average molecular weight is 1570 g/mol. The normalized spacial score (nSPS) is 19.9. The van der Waals surface area contributed by atoms with Crippen molar-refractivity contribution in [3.05, 3.63) is 123 Å². The summed E-state index contributed by atoms with van der Waals surface area (Å²) < 4.78 is 61.0. The number of carbonyl (C=O) groups is 8. The highest BCUT2D eigenvalue weighted by Crippen LogP contribution is 2.57. The fraction of sp³-hybridized carbons (Fsp3) is 0.176. The highest BCUT2D eigenvalue weighted by molar-refractivity contribution is 6.09. The molecule has 0 amide bonds. The Morgan fingerprint density at radius 1 is 0.339 bits per heavy atom. The van der Waals surface area contributed by atoms with Crippen molar-refractivity contribution < 1.29 is 218 Å². The zero-order valence-corrected chi connectivity index (χ0v) is 55.1. The number of hydrogen-bond donors (Lipinski definition) is 25. The Morgan fingerprint density at radius 3 is 1.17 bits per heavy atom. The van der Waals surface area contributed by atoms with Gasteiger partial charge in [0.15, 0.2) is 145 Å². The number of phenolic OH excluding ortho intramolecular Hbond substituents is 23. The Balaban J connectivity index is 1.05. The molecule has 588 valence electrons. The molecule has 44 heteroatoms. The van der Waals surface area contributed by atoms with Crippen LogP contribution in [0.5, 0.6) is 144 Å². The molecule has 10 atom stereocenters. The number of rotatable bonds is 15. The second kappa shape index (κ2) is 29.7. The Bertz CT molecular complexity index is 5160. The van der Waals surface area contributed by atoms with Crippen LogP contribution in [0.15, 0.2) is 78.9 Å². The third-order valence-electron chi connectivity index (χ3n) is 16.7. The molecular weight excluding hydrogens is 1520 g/mol. The van der Waals surface area contributed by atoms with E-state index < -0.39 is 322 Å². The largest absolute Gasteiger partial charge is 0.504 e. The third-order valence-corrected chi connectivity index (χ3v) is 16.7. The number of phenols is 23. The minimum atomic E-state index is -3.06. The molecule has 8 aromatic rings. The number of fused-ring (bicyclic) bond motifs is 5. The van der Waals surface area contributed by atoms with E-state index in [0.717, 1.165) is 0 Å². The number of aliphatic hydroxyl groups excluding tert-OH is 2. The molecule has 44 nitrogen and oxygen atoms in total. The number of hydrogen-bond acceptors (Lipinski definition) is 44. The van der Waals surface area contributed by atoms with Gasteiger partial charge in [0.1, 0.15) is 37.1 Å². The summed E-state index contributed by atoms with van der Waals surface area (Å²) in [5.41, 5.74) is -11.6. The SMILES string of the molecule is O=C(OCC1OC(OC(=O)c2cc(O)c(O)c(O)c2)C(OC(=O)c2cc(O)c(O)c(O)c2Oc2c(O)cc3c(c2O)-c2c(cc(O)c(O)c2O)C(=O)OC2C(O)C(COC3=O)OC(OC(=O)c3cc(O)c(O)c(O)c3)C2O)C(OC(=O)c2cc(O)c(O)c(O)c2)C1OC(=O)c1cc(O)c(O)c(O)c1)c1cc(O)c(O)c(O)c1. The van der Waals surface area contributed by atoms with Crippen LogP contribution in [0.2, 0.25) is 0 Å². The van der Waals surface area contributed by atoms with Gasteiger partial charge in [0, 0.05) is 17.2 Å². The first-order valence-electron chi connectivity index (χ1n) is 31.0. The number of cyclic esters (lactones) is 1. The van der Waals surface area contributed by atoms with Crippen molar-refractivity contribution in [3.8, 4) is 155 Å². The fourth-order valence-corrected chi connectivity index (χ4v) is 11.2. The monoisotopic (exact) mass is 1570 g/mol. The van der Waals surface area contributed by atoms with Crippen molar-refractivity contribution in [3.63, 3.8) is 0 Å². The lowest BCUT2D eigenvalue weighted by Gasteiger charge is -2.44. The van der Waals surface area contributed by atoms with E-state index in [1.165, 1.54) is 0 Å². The number of aliphatic hydroxyl groups is 2.